The summed E-state index contributed by atoms with van der Waals surface area (Å²) in [7, 11) is 0. The molecular formula is C17H18N2O3. The Hall–Kier alpha value is -2.82. The molecule has 5 heteroatoms. The van der Waals surface area contributed by atoms with Gasteiger partial charge in [0, 0.05) is 0 Å². The number of hydrogen-bond donors (Lipinski definition) is 2. The van der Waals surface area contributed by atoms with Crippen molar-refractivity contribution in [3.05, 3.63) is 59.7 Å². The van der Waals surface area contributed by atoms with Gasteiger partial charge in [-0.15, -0.1) is 0 Å². The second-order valence-corrected chi connectivity index (χ2v) is 4.64. The zero-order chi connectivity index (χ0) is 15.8. The number of carbonyl (C=O) groups excluding carboxylic acids is 1. The Bertz CT molecular complexity index is 651. The van der Waals surface area contributed by atoms with Gasteiger partial charge in [-0.05, 0) is 48.4 Å². The fourth-order valence-electron chi connectivity index (χ4n) is 1.78. The summed E-state index contributed by atoms with van der Waals surface area (Å²) in [5.41, 5.74) is 3.68. The van der Waals surface area contributed by atoms with Crippen molar-refractivity contribution in [1.82, 2.24) is 5.43 Å². The lowest BCUT2D eigenvalue weighted by atomic mass is 10.2. The summed E-state index contributed by atoms with van der Waals surface area (Å²) in [5.74, 6) is 0.395. The third-order valence-electron chi connectivity index (χ3n) is 2.87. The Kier molecular flexibility index (Phi) is 5.54. The van der Waals surface area contributed by atoms with E-state index < -0.39 is 0 Å². The van der Waals surface area contributed by atoms with Crippen LogP contribution >= 0.6 is 0 Å². The van der Waals surface area contributed by atoms with Gasteiger partial charge in [-0.3, -0.25) is 4.79 Å². The number of aromatic hydroxyl groups is 1. The van der Waals surface area contributed by atoms with Crippen LogP contribution in [0.4, 0.5) is 0 Å². The van der Waals surface area contributed by atoms with Gasteiger partial charge in [0.15, 0.2) is 0 Å². The number of para-hydroxylation sites is 1. The number of hydrazone groups is 1. The largest absolute Gasteiger partial charge is 0.508 e. The molecule has 0 bridgehead atoms. The van der Waals surface area contributed by atoms with E-state index in [9.17, 15) is 9.90 Å². The minimum atomic E-state index is -0.332. The van der Waals surface area contributed by atoms with Crippen LogP contribution in [-0.4, -0.2) is 23.8 Å². The molecule has 0 radical (unpaired) electrons. The van der Waals surface area contributed by atoms with Gasteiger partial charge in [-0.1, -0.05) is 19.1 Å². The van der Waals surface area contributed by atoms with Crippen molar-refractivity contribution in [3.63, 3.8) is 0 Å². The summed E-state index contributed by atoms with van der Waals surface area (Å²) in [6.07, 6.45) is 2.38. The molecule has 0 saturated heterocycles. The van der Waals surface area contributed by atoms with Crippen LogP contribution in [-0.2, 0) is 0 Å². The Morgan fingerprint density at radius 1 is 1.23 bits per heavy atom. The number of ether oxygens (including phenoxy) is 1. The summed E-state index contributed by atoms with van der Waals surface area (Å²) in [5, 5.41) is 13.1. The van der Waals surface area contributed by atoms with Crippen LogP contribution in [0.3, 0.4) is 0 Å². The third kappa shape index (κ3) is 4.34. The summed E-state index contributed by atoms with van der Waals surface area (Å²) in [6, 6.07) is 13.5. The van der Waals surface area contributed by atoms with Crippen LogP contribution in [0.25, 0.3) is 0 Å². The number of phenols is 1. The number of phenolic OH excluding ortho intramolecular Hbond substituents is 1. The highest BCUT2D eigenvalue weighted by Gasteiger charge is 2.10. The lowest BCUT2D eigenvalue weighted by Crippen LogP contribution is -2.18. The van der Waals surface area contributed by atoms with Gasteiger partial charge in [0.1, 0.15) is 11.5 Å². The highest BCUT2D eigenvalue weighted by Crippen LogP contribution is 2.18. The Balaban J connectivity index is 2.01. The van der Waals surface area contributed by atoms with Crippen LogP contribution < -0.4 is 10.2 Å². The molecular weight excluding hydrogens is 280 g/mol. The molecule has 114 valence electrons. The first kappa shape index (κ1) is 15.6. The number of nitrogens with zero attached hydrogens (tertiary/aromatic N) is 1. The minimum absolute atomic E-state index is 0.184. The molecule has 0 aromatic heterocycles. The fourth-order valence-corrected chi connectivity index (χ4v) is 1.78. The molecule has 0 aliphatic carbocycles. The highest BCUT2D eigenvalue weighted by molar-refractivity contribution is 5.97. The minimum Gasteiger partial charge on any atom is -0.508 e. The van der Waals surface area contributed by atoms with Gasteiger partial charge in [0.05, 0.1) is 18.4 Å². The molecule has 0 aliphatic heterocycles. The normalized spacial score (nSPS) is 10.6. The molecule has 2 rings (SSSR count). The van der Waals surface area contributed by atoms with Crippen molar-refractivity contribution in [2.75, 3.05) is 6.61 Å². The average molecular weight is 298 g/mol. The summed E-state index contributed by atoms with van der Waals surface area (Å²) in [6.45, 7) is 2.56. The van der Waals surface area contributed by atoms with Gasteiger partial charge < -0.3 is 9.84 Å². The van der Waals surface area contributed by atoms with Crippen molar-refractivity contribution in [1.29, 1.82) is 0 Å². The second-order valence-electron chi connectivity index (χ2n) is 4.64. The lowest BCUT2D eigenvalue weighted by Gasteiger charge is -2.09. The number of benzene rings is 2. The van der Waals surface area contributed by atoms with Crippen molar-refractivity contribution in [3.8, 4) is 11.5 Å². The number of hydrogen-bond acceptors (Lipinski definition) is 4. The number of rotatable bonds is 6. The number of nitrogens with one attached hydrogen (secondary N) is 1. The summed E-state index contributed by atoms with van der Waals surface area (Å²) < 4.78 is 5.54. The van der Waals surface area contributed by atoms with E-state index in [0.29, 0.717) is 17.9 Å². The molecule has 2 aromatic carbocycles. The molecule has 0 atom stereocenters. The average Bonchev–Trinajstić information content (AvgIpc) is 2.55. The van der Waals surface area contributed by atoms with E-state index in [0.717, 1.165) is 12.0 Å². The third-order valence-corrected chi connectivity index (χ3v) is 2.87. The SMILES string of the molecule is CCCOc1ccccc1C(=O)N/N=C/c1ccc(O)cc1. The van der Waals surface area contributed by atoms with E-state index >= 15 is 0 Å². The van der Waals surface area contributed by atoms with Crippen molar-refractivity contribution >= 4 is 12.1 Å². The molecule has 0 aliphatic rings. The second kappa shape index (κ2) is 7.83. The van der Waals surface area contributed by atoms with Gasteiger partial charge >= 0.3 is 0 Å². The monoisotopic (exact) mass is 298 g/mol. The van der Waals surface area contributed by atoms with Crippen molar-refractivity contribution in [2.24, 2.45) is 5.10 Å². The van der Waals surface area contributed by atoms with Gasteiger partial charge in [0.25, 0.3) is 5.91 Å². The van der Waals surface area contributed by atoms with E-state index in [1.54, 1.807) is 42.5 Å². The van der Waals surface area contributed by atoms with Gasteiger partial charge in [-0.2, -0.15) is 5.10 Å². The maximum absolute atomic E-state index is 12.1. The molecule has 0 heterocycles. The van der Waals surface area contributed by atoms with Gasteiger partial charge in [-0.25, -0.2) is 5.43 Å². The van der Waals surface area contributed by atoms with E-state index in [1.807, 2.05) is 13.0 Å². The zero-order valence-corrected chi connectivity index (χ0v) is 12.3. The Labute approximate surface area is 129 Å². The Morgan fingerprint density at radius 2 is 1.95 bits per heavy atom. The van der Waals surface area contributed by atoms with E-state index in [-0.39, 0.29) is 11.7 Å². The molecule has 0 unspecified atom stereocenters. The maximum atomic E-state index is 12.1. The molecule has 0 fully saturated rings. The Morgan fingerprint density at radius 3 is 2.68 bits per heavy atom. The molecule has 1 amide bonds. The van der Waals surface area contributed by atoms with Gasteiger partial charge in [0.2, 0.25) is 0 Å². The van der Waals surface area contributed by atoms with Crippen LogP contribution in [0.1, 0.15) is 29.3 Å². The maximum Gasteiger partial charge on any atom is 0.275 e. The predicted molar refractivity (Wildman–Crippen MR) is 85.4 cm³/mol. The topological polar surface area (TPSA) is 70.9 Å². The quantitative estimate of drug-likeness (QED) is 0.636. The van der Waals surface area contributed by atoms with Crippen LogP contribution in [0, 0.1) is 0 Å². The summed E-state index contributed by atoms with van der Waals surface area (Å²) in [4.78, 5) is 12.1. The van der Waals surface area contributed by atoms with Crippen molar-refractivity contribution in [2.45, 2.75) is 13.3 Å². The predicted octanol–water partition coefficient (Wildman–Crippen LogP) is 2.94. The number of carbonyl (C=O) groups is 1. The summed E-state index contributed by atoms with van der Waals surface area (Å²) >= 11 is 0. The molecule has 5 nitrogen and oxygen atoms in total. The first-order chi connectivity index (χ1) is 10.7. The van der Waals surface area contributed by atoms with E-state index in [4.69, 9.17) is 4.74 Å². The van der Waals surface area contributed by atoms with Crippen LogP contribution in [0.5, 0.6) is 11.5 Å². The zero-order valence-electron chi connectivity index (χ0n) is 12.3. The van der Waals surface area contributed by atoms with E-state index in [1.165, 1.54) is 6.21 Å². The lowest BCUT2D eigenvalue weighted by molar-refractivity contribution is 0.0951. The number of amides is 1. The first-order valence-corrected chi connectivity index (χ1v) is 7.05. The molecule has 2 aromatic rings. The highest BCUT2D eigenvalue weighted by atomic mass is 16.5. The first-order valence-electron chi connectivity index (χ1n) is 7.05. The molecule has 22 heavy (non-hydrogen) atoms. The standard InChI is InChI=1S/C17H18N2O3/c1-2-11-22-16-6-4-3-5-15(16)17(21)19-18-12-13-7-9-14(20)10-8-13/h3-10,12,20H,2,11H2,1H3,(H,19,21)/b18-12+. The smallest absolute Gasteiger partial charge is 0.275 e. The van der Waals surface area contributed by atoms with Crippen molar-refractivity contribution < 1.29 is 14.6 Å². The molecule has 2 N–H and O–H groups in total. The van der Waals surface area contributed by atoms with Crippen LogP contribution in [0.2, 0.25) is 0 Å². The van der Waals surface area contributed by atoms with E-state index in [2.05, 4.69) is 10.5 Å². The molecule has 0 spiro atoms. The molecule has 0 saturated carbocycles. The fraction of sp³-hybridized carbons (Fsp3) is 0.176. The van der Waals surface area contributed by atoms with Crippen LogP contribution in [0.15, 0.2) is 53.6 Å².